The highest BCUT2D eigenvalue weighted by molar-refractivity contribution is 5.77. The van der Waals surface area contributed by atoms with Crippen molar-refractivity contribution in [1.29, 1.82) is 0 Å². The van der Waals surface area contributed by atoms with Gasteiger partial charge in [-0.1, -0.05) is 12.1 Å². The maximum absolute atomic E-state index is 12.8. The van der Waals surface area contributed by atoms with Gasteiger partial charge in [0.2, 0.25) is 0 Å². The molecule has 1 aliphatic rings. The number of methoxy groups -OCH3 is 1. The maximum Gasteiger partial charge on any atom is 0.317 e. The minimum absolute atomic E-state index is 0.0738. The van der Waals surface area contributed by atoms with E-state index in [9.17, 15) is 4.79 Å². The summed E-state index contributed by atoms with van der Waals surface area (Å²) in [4.78, 5) is 23.9. The molecule has 4 aromatic rings. The lowest BCUT2D eigenvalue weighted by Gasteiger charge is -2.19. The molecule has 0 aliphatic carbocycles. The van der Waals surface area contributed by atoms with Crippen molar-refractivity contribution in [3.8, 4) is 17.3 Å². The summed E-state index contributed by atoms with van der Waals surface area (Å²) in [6.45, 7) is 1.73. The van der Waals surface area contributed by atoms with Gasteiger partial charge in [-0.15, -0.1) is 0 Å². The van der Waals surface area contributed by atoms with E-state index in [-0.39, 0.29) is 12.1 Å². The average Bonchev–Trinajstić information content (AvgIpc) is 3.56. The average molecular weight is 417 g/mol. The van der Waals surface area contributed by atoms with Crippen LogP contribution in [0.4, 0.5) is 4.79 Å². The van der Waals surface area contributed by atoms with Gasteiger partial charge in [0, 0.05) is 25.8 Å². The van der Waals surface area contributed by atoms with Gasteiger partial charge in [0.25, 0.3) is 0 Å². The van der Waals surface area contributed by atoms with Gasteiger partial charge in [-0.3, -0.25) is 0 Å². The molecule has 3 aromatic heterocycles. The Morgan fingerprint density at radius 1 is 1.23 bits per heavy atom. The maximum atomic E-state index is 12.8. The topological polar surface area (TPSA) is 85.4 Å². The van der Waals surface area contributed by atoms with Crippen molar-refractivity contribution in [1.82, 2.24) is 24.8 Å². The molecule has 2 amide bonds. The Labute approximate surface area is 179 Å². The molecule has 1 aliphatic heterocycles. The highest BCUT2D eigenvalue weighted by Gasteiger charge is 2.31. The van der Waals surface area contributed by atoms with Crippen LogP contribution in [0.2, 0.25) is 0 Å². The number of likely N-dealkylation sites (tertiary alicyclic amines) is 1. The van der Waals surface area contributed by atoms with E-state index in [1.54, 1.807) is 19.6 Å². The van der Waals surface area contributed by atoms with Crippen molar-refractivity contribution in [3.63, 3.8) is 0 Å². The van der Waals surface area contributed by atoms with Gasteiger partial charge in [0.1, 0.15) is 11.3 Å². The molecule has 31 heavy (non-hydrogen) atoms. The second-order valence-corrected chi connectivity index (χ2v) is 7.52. The van der Waals surface area contributed by atoms with Gasteiger partial charge in [-0.05, 0) is 48.4 Å². The summed E-state index contributed by atoms with van der Waals surface area (Å²) >= 11 is 0. The van der Waals surface area contributed by atoms with Crippen LogP contribution in [0.25, 0.3) is 22.7 Å². The molecule has 1 fully saturated rings. The van der Waals surface area contributed by atoms with Crippen LogP contribution in [0, 0.1) is 0 Å². The summed E-state index contributed by atoms with van der Waals surface area (Å²) in [5.41, 5.74) is 2.64. The zero-order chi connectivity index (χ0) is 21.2. The minimum Gasteiger partial charge on any atom is -0.497 e. The molecule has 0 spiro atoms. The Balaban J connectivity index is 1.32. The number of furan rings is 1. The number of carbonyl (C=O) groups excluding carboxylic acids is 1. The van der Waals surface area contributed by atoms with Crippen molar-refractivity contribution in [3.05, 3.63) is 66.6 Å². The number of amides is 2. The third-order valence-electron chi connectivity index (χ3n) is 5.61. The van der Waals surface area contributed by atoms with E-state index in [0.717, 1.165) is 34.7 Å². The number of nitrogens with one attached hydrogen (secondary N) is 1. The molecule has 8 nitrogen and oxygen atoms in total. The first kappa shape index (κ1) is 19.2. The standard InChI is InChI=1S/C23H23N5O3/c1-30-18-8-6-16(7-9-18)14-25-23(29)27-12-10-17(15-27)28-21-19(4-2-11-24-21)26-22(28)20-5-3-13-31-20/h2-9,11,13,17H,10,12,14-15H2,1H3,(H,25,29)/t17-/m0/s1. The Bertz CT molecular complexity index is 1180. The molecule has 0 bridgehead atoms. The molecule has 0 radical (unpaired) electrons. The summed E-state index contributed by atoms with van der Waals surface area (Å²) in [7, 11) is 1.64. The number of imidazole rings is 1. The van der Waals surface area contributed by atoms with E-state index < -0.39 is 0 Å². The summed E-state index contributed by atoms with van der Waals surface area (Å²) in [6, 6.07) is 15.2. The molecule has 4 heterocycles. The highest BCUT2D eigenvalue weighted by atomic mass is 16.5. The molecule has 1 atom stereocenters. The molecule has 5 rings (SSSR count). The fourth-order valence-electron chi connectivity index (χ4n) is 4.03. The number of aromatic nitrogens is 3. The zero-order valence-corrected chi connectivity index (χ0v) is 17.2. The van der Waals surface area contributed by atoms with Crippen molar-refractivity contribution < 1.29 is 13.9 Å². The molecule has 0 saturated carbocycles. The molecule has 158 valence electrons. The number of hydrogen-bond donors (Lipinski definition) is 1. The van der Waals surface area contributed by atoms with Crippen LogP contribution in [0.3, 0.4) is 0 Å². The Morgan fingerprint density at radius 2 is 2.10 bits per heavy atom. The summed E-state index contributed by atoms with van der Waals surface area (Å²) in [5.74, 6) is 2.23. The molecule has 8 heteroatoms. The van der Waals surface area contributed by atoms with E-state index in [2.05, 4.69) is 14.9 Å². The summed E-state index contributed by atoms with van der Waals surface area (Å²) in [6.07, 6.45) is 4.23. The molecular formula is C23H23N5O3. The van der Waals surface area contributed by atoms with Gasteiger partial charge in [-0.2, -0.15) is 0 Å². The van der Waals surface area contributed by atoms with Gasteiger partial charge < -0.3 is 23.9 Å². The number of hydrogen-bond acceptors (Lipinski definition) is 5. The highest BCUT2D eigenvalue weighted by Crippen LogP contribution is 2.32. The Morgan fingerprint density at radius 3 is 2.87 bits per heavy atom. The number of benzene rings is 1. The summed E-state index contributed by atoms with van der Waals surface area (Å²) < 4.78 is 12.9. The second kappa shape index (κ2) is 8.14. The first-order valence-electron chi connectivity index (χ1n) is 10.3. The summed E-state index contributed by atoms with van der Waals surface area (Å²) in [5, 5.41) is 3.01. The van der Waals surface area contributed by atoms with E-state index in [1.165, 1.54) is 0 Å². The molecule has 1 saturated heterocycles. The second-order valence-electron chi connectivity index (χ2n) is 7.52. The number of urea groups is 1. The normalized spacial score (nSPS) is 16.0. The zero-order valence-electron chi connectivity index (χ0n) is 17.2. The third-order valence-corrected chi connectivity index (χ3v) is 5.61. The van der Waals surface area contributed by atoms with Crippen LogP contribution in [0.1, 0.15) is 18.0 Å². The predicted octanol–water partition coefficient (Wildman–Crippen LogP) is 3.86. The van der Waals surface area contributed by atoms with Gasteiger partial charge in [0.15, 0.2) is 17.2 Å². The minimum atomic E-state index is -0.0738. The SMILES string of the molecule is COc1ccc(CNC(=O)N2CC[C@H](n3c(-c4ccco4)nc4cccnc43)C2)cc1. The van der Waals surface area contributed by atoms with Gasteiger partial charge in [0.05, 0.1) is 19.4 Å². The van der Waals surface area contributed by atoms with E-state index in [4.69, 9.17) is 14.1 Å². The lowest BCUT2D eigenvalue weighted by atomic mass is 10.2. The number of carbonyl (C=O) groups is 1. The van der Waals surface area contributed by atoms with E-state index >= 15 is 0 Å². The first-order chi connectivity index (χ1) is 15.2. The molecular weight excluding hydrogens is 394 g/mol. The number of rotatable bonds is 5. The lowest BCUT2D eigenvalue weighted by molar-refractivity contribution is 0.207. The van der Waals surface area contributed by atoms with Crippen molar-refractivity contribution in [2.75, 3.05) is 20.2 Å². The van der Waals surface area contributed by atoms with Crippen LogP contribution >= 0.6 is 0 Å². The number of fused-ring (bicyclic) bond motifs is 1. The first-order valence-corrected chi connectivity index (χ1v) is 10.3. The number of ether oxygens (including phenoxy) is 1. The van der Waals surface area contributed by atoms with Crippen LogP contribution in [-0.4, -0.2) is 45.7 Å². The van der Waals surface area contributed by atoms with Gasteiger partial charge >= 0.3 is 6.03 Å². The van der Waals surface area contributed by atoms with Crippen LogP contribution in [0.15, 0.2) is 65.4 Å². The number of pyridine rings is 1. The quantitative estimate of drug-likeness (QED) is 0.533. The largest absolute Gasteiger partial charge is 0.497 e. The van der Waals surface area contributed by atoms with Crippen LogP contribution in [0.5, 0.6) is 5.75 Å². The lowest BCUT2D eigenvalue weighted by Crippen LogP contribution is -2.38. The van der Waals surface area contributed by atoms with Gasteiger partial charge in [-0.25, -0.2) is 14.8 Å². The Hall–Kier alpha value is -3.81. The smallest absolute Gasteiger partial charge is 0.317 e. The van der Waals surface area contributed by atoms with Crippen LogP contribution in [-0.2, 0) is 6.54 Å². The fraction of sp³-hybridized carbons (Fsp3) is 0.261. The monoisotopic (exact) mass is 417 g/mol. The number of nitrogens with zero attached hydrogens (tertiary/aromatic N) is 4. The van der Waals surface area contributed by atoms with Crippen molar-refractivity contribution in [2.45, 2.75) is 19.0 Å². The van der Waals surface area contributed by atoms with Crippen molar-refractivity contribution >= 4 is 17.2 Å². The molecule has 1 N–H and O–H groups in total. The molecule has 0 unspecified atom stereocenters. The van der Waals surface area contributed by atoms with E-state index in [0.29, 0.717) is 25.4 Å². The Kier molecular flexibility index (Phi) is 5.03. The molecule has 1 aromatic carbocycles. The van der Waals surface area contributed by atoms with Crippen LogP contribution < -0.4 is 10.1 Å². The van der Waals surface area contributed by atoms with Crippen molar-refractivity contribution in [2.24, 2.45) is 0 Å². The fourth-order valence-corrected chi connectivity index (χ4v) is 4.03. The van der Waals surface area contributed by atoms with E-state index in [1.807, 2.05) is 53.4 Å². The third kappa shape index (κ3) is 3.72. The predicted molar refractivity (Wildman–Crippen MR) is 116 cm³/mol.